The van der Waals surface area contributed by atoms with Crippen molar-refractivity contribution in [1.29, 1.82) is 0 Å². The molecule has 1 aliphatic rings. The van der Waals surface area contributed by atoms with Crippen LogP contribution in [0.5, 0.6) is 0 Å². The number of halogens is 1. The number of rotatable bonds is 3. The fourth-order valence-electron chi connectivity index (χ4n) is 3.29. The zero-order chi connectivity index (χ0) is 14.2. The Kier molecular flexibility index (Phi) is 4.26. The second-order valence-electron chi connectivity index (χ2n) is 6.12. The van der Waals surface area contributed by atoms with Crippen molar-refractivity contribution in [2.45, 2.75) is 58.5 Å². The molecule has 1 saturated carbocycles. The molecule has 0 aliphatic heterocycles. The molecule has 108 valence electrons. The van der Waals surface area contributed by atoms with E-state index in [1.807, 2.05) is 11.7 Å². The summed E-state index contributed by atoms with van der Waals surface area (Å²) in [6, 6.07) is 0. The van der Waals surface area contributed by atoms with Crippen molar-refractivity contribution < 1.29 is 5.11 Å². The predicted molar refractivity (Wildman–Crippen MR) is 78.4 cm³/mol. The molecule has 0 amide bonds. The molecule has 1 aliphatic carbocycles. The van der Waals surface area contributed by atoms with Crippen molar-refractivity contribution in [3.8, 4) is 0 Å². The lowest BCUT2D eigenvalue weighted by Gasteiger charge is -2.42. The molecule has 0 radical (unpaired) electrons. The van der Waals surface area contributed by atoms with E-state index in [2.05, 4.69) is 25.9 Å². The van der Waals surface area contributed by atoms with Crippen LogP contribution in [0.25, 0.3) is 0 Å². The van der Waals surface area contributed by atoms with Gasteiger partial charge in [-0.2, -0.15) is 5.10 Å². The lowest BCUT2D eigenvalue weighted by molar-refractivity contribution is -0.0632. The predicted octanol–water partition coefficient (Wildman–Crippen LogP) is 3.37. The Bertz CT molecular complexity index is 457. The van der Waals surface area contributed by atoms with Gasteiger partial charge >= 0.3 is 0 Å². The van der Waals surface area contributed by atoms with Gasteiger partial charge in [0.1, 0.15) is 0 Å². The molecule has 1 heterocycles. The van der Waals surface area contributed by atoms with Crippen molar-refractivity contribution in [2.75, 3.05) is 0 Å². The van der Waals surface area contributed by atoms with Gasteiger partial charge in [-0.1, -0.05) is 45.2 Å². The maximum Gasteiger partial charge on any atom is 0.0850 e. The topological polar surface area (TPSA) is 38.0 Å². The summed E-state index contributed by atoms with van der Waals surface area (Å²) in [6.07, 6.45) is 4.61. The van der Waals surface area contributed by atoms with Gasteiger partial charge < -0.3 is 5.11 Å². The average molecular weight is 285 g/mol. The Morgan fingerprint density at radius 1 is 1.47 bits per heavy atom. The molecule has 3 unspecified atom stereocenters. The van der Waals surface area contributed by atoms with E-state index in [9.17, 15) is 5.11 Å². The number of hydrogen-bond donors (Lipinski definition) is 1. The number of aryl methyl sites for hydroxylation is 2. The average Bonchev–Trinajstić information content (AvgIpc) is 2.63. The maximum atomic E-state index is 11.0. The summed E-state index contributed by atoms with van der Waals surface area (Å²) in [5.74, 6) is 0.869. The highest BCUT2D eigenvalue weighted by atomic mass is 35.5. The highest BCUT2D eigenvalue weighted by Crippen LogP contribution is 2.40. The third-order valence-corrected chi connectivity index (χ3v) is 5.38. The van der Waals surface area contributed by atoms with E-state index < -0.39 is 5.60 Å². The molecule has 3 nitrogen and oxygen atoms in total. The Balaban J connectivity index is 2.27. The number of aliphatic hydroxyl groups is 1. The van der Waals surface area contributed by atoms with Gasteiger partial charge in [-0.05, 0) is 24.7 Å². The van der Waals surface area contributed by atoms with Crippen LogP contribution in [0, 0.1) is 11.8 Å². The molecule has 1 aromatic heterocycles. The number of nitrogens with zero attached hydrogens (tertiary/aromatic N) is 2. The van der Waals surface area contributed by atoms with Crippen molar-refractivity contribution in [3.05, 3.63) is 16.4 Å². The highest BCUT2D eigenvalue weighted by Gasteiger charge is 2.41. The Morgan fingerprint density at radius 3 is 2.74 bits per heavy atom. The molecule has 1 fully saturated rings. The summed E-state index contributed by atoms with van der Waals surface area (Å²) >= 11 is 6.40. The normalized spacial score (nSPS) is 31.7. The monoisotopic (exact) mass is 284 g/mol. The highest BCUT2D eigenvalue weighted by molar-refractivity contribution is 6.31. The fourth-order valence-corrected chi connectivity index (χ4v) is 3.65. The van der Waals surface area contributed by atoms with E-state index in [1.54, 1.807) is 0 Å². The minimum Gasteiger partial charge on any atom is -0.389 e. The van der Waals surface area contributed by atoms with E-state index in [0.29, 0.717) is 18.3 Å². The lowest BCUT2D eigenvalue weighted by atomic mass is 9.69. The minimum atomic E-state index is -0.639. The molecular formula is C15H25ClN2O. The third-order valence-electron chi connectivity index (χ3n) is 4.95. The standard InChI is InChI=1S/C15H25ClN2O/c1-5-12-14(16)13(18(4)17-12)9-15(19)8-6-7-10(2)11(15)3/h10-11,19H,5-9H2,1-4H3. The van der Waals surface area contributed by atoms with E-state index >= 15 is 0 Å². The van der Waals surface area contributed by atoms with Crippen molar-refractivity contribution in [1.82, 2.24) is 9.78 Å². The molecule has 3 atom stereocenters. The zero-order valence-corrected chi connectivity index (χ0v) is 13.2. The van der Waals surface area contributed by atoms with E-state index in [-0.39, 0.29) is 0 Å². The first-order valence-corrected chi connectivity index (χ1v) is 7.69. The fraction of sp³-hybridized carbons (Fsp3) is 0.800. The second kappa shape index (κ2) is 5.45. The van der Waals surface area contributed by atoms with Crippen molar-refractivity contribution in [2.24, 2.45) is 18.9 Å². The minimum absolute atomic E-state index is 0.303. The molecule has 0 spiro atoms. The van der Waals surface area contributed by atoms with Crippen LogP contribution in [-0.4, -0.2) is 20.5 Å². The quantitative estimate of drug-likeness (QED) is 0.924. The molecular weight excluding hydrogens is 260 g/mol. The summed E-state index contributed by atoms with van der Waals surface area (Å²) in [7, 11) is 1.92. The molecule has 0 bridgehead atoms. The van der Waals surface area contributed by atoms with Crippen molar-refractivity contribution >= 4 is 11.6 Å². The Hall–Kier alpha value is -0.540. The van der Waals surface area contributed by atoms with Gasteiger partial charge in [0.2, 0.25) is 0 Å². The van der Waals surface area contributed by atoms with Crippen LogP contribution >= 0.6 is 11.6 Å². The van der Waals surface area contributed by atoms with Crippen LogP contribution in [0.3, 0.4) is 0 Å². The first-order valence-electron chi connectivity index (χ1n) is 7.31. The van der Waals surface area contributed by atoms with Crippen LogP contribution in [0.2, 0.25) is 5.02 Å². The summed E-state index contributed by atoms with van der Waals surface area (Å²) in [5.41, 5.74) is 1.27. The second-order valence-corrected chi connectivity index (χ2v) is 6.50. The lowest BCUT2D eigenvalue weighted by Crippen LogP contribution is -2.45. The Morgan fingerprint density at radius 2 is 2.16 bits per heavy atom. The van der Waals surface area contributed by atoms with Crippen LogP contribution in [0.4, 0.5) is 0 Å². The number of aromatic nitrogens is 2. The molecule has 0 aromatic carbocycles. The zero-order valence-electron chi connectivity index (χ0n) is 12.4. The maximum absolute atomic E-state index is 11.0. The number of hydrogen-bond acceptors (Lipinski definition) is 2. The van der Waals surface area contributed by atoms with Gasteiger partial charge in [-0.15, -0.1) is 0 Å². The summed E-state index contributed by atoms with van der Waals surface area (Å²) in [5, 5.41) is 16.2. The van der Waals surface area contributed by atoms with E-state index in [1.165, 1.54) is 6.42 Å². The van der Waals surface area contributed by atoms with E-state index in [0.717, 1.165) is 35.7 Å². The molecule has 0 saturated heterocycles. The van der Waals surface area contributed by atoms with Crippen LogP contribution in [-0.2, 0) is 19.9 Å². The first-order chi connectivity index (χ1) is 8.89. The third kappa shape index (κ3) is 2.68. The van der Waals surface area contributed by atoms with Gasteiger partial charge in [0.25, 0.3) is 0 Å². The molecule has 1 aromatic rings. The molecule has 1 N–H and O–H groups in total. The SMILES string of the molecule is CCc1nn(C)c(CC2(O)CCCC(C)C2C)c1Cl. The van der Waals surface area contributed by atoms with Crippen molar-refractivity contribution in [3.63, 3.8) is 0 Å². The van der Waals surface area contributed by atoms with Gasteiger partial charge in [-0.25, -0.2) is 0 Å². The summed E-state index contributed by atoms with van der Waals surface area (Å²) in [6.45, 7) is 6.45. The van der Waals surface area contributed by atoms with Gasteiger partial charge in [0.15, 0.2) is 0 Å². The van der Waals surface area contributed by atoms with Crippen LogP contribution in [0.15, 0.2) is 0 Å². The van der Waals surface area contributed by atoms with Crippen LogP contribution < -0.4 is 0 Å². The summed E-state index contributed by atoms with van der Waals surface area (Å²) in [4.78, 5) is 0. The molecule has 2 rings (SSSR count). The smallest absolute Gasteiger partial charge is 0.0850 e. The first kappa shape index (κ1) is 14.9. The summed E-state index contributed by atoms with van der Waals surface area (Å²) < 4.78 is 1.84. The molecule has 4 heteroatoms. The van der Waals surface area contributed by atoms with Gasteiger partial charge in [0, 0.05) is 13.5 Å². The van der Waals surface area contributed by atoms with Gasteiger partial charge in [0.05, 0.1) is 22.0 Å². The van der Waals surface area contributed by atoms with E-state index in [4.69, 9.17) is 11.6 Å². The van der Waals surface area contributed by atoms with Gasteiger partial charge in [-0.3, -0.25) is 4.68 Å². The Labute approximate surface area is 121 Å². The van der Waals surface area contributed by atoms with Crippen LogP contribution in [0.1, 0.15) is 51.4 Å². The largest absolute Gasteiger partial charge is 0.389 e. The molecule has 19 heavy (non-hydrogen) atoms.